The number of rotatable bonds is 5. The minimum Gasteiger partial charge on any atom is -0.507 e. The Hall–Kier alpha value is -2.89. The number of aromatic hydroxyl groups is 1. The average Bonchev–Trinajstić information content (AvgIpc) is 3.10. The fraction of sp³-hybridized carbons (Fsp3) is 0.417. The molecule has 0 unspecified atom stereocenters. The van der Waals surface area contributed by atoms with Crippen LogP contribution in [0.2, 0.25) is 0 Å². The van der Waals surface area contributed by atoms with Gasteiger partial charge in [0.05, 0.1) is 5.69 Å². The lowest BCUT2D eigenvalue weighted by Crippen LogP contribution is -2.37. The monoisotopic (exact) mass is 407 g/mol. The summed E-state index contributed by atoms with van der Waals surface area (Å²) in [5, 5.41) is 21.1. The number of alkyl halides is 1. The molecular formula is C24H26FN3O2. The van der Waals surface area contributed by atoms with Gasteiger partial charge in [-0.1, -0.05) is 18.9 Å². The zero-order valence-corrected chi connectivity index (χ0v) is 17.1. The van der Waals surface area contributed by atoms with Gasteiger partial charge in [-0.3, -0.25) is 0 Å². The lowest BCUT2D eigenvalue weighted by atomic mass is 9.85. The van der Waals surface area contributed by atoms with E-state index in [1.165, 1.54) is 32.1 Å². The number of benzene rings is 2. The van der Waals surface area contributed by atoms with Crippen LogP contribution in [0, 0.1) is 11.8 Å². The van der Waals surface area contributed by atoms with Crippen molar-refractivity contribution in [1.82, 2.24) is 10.2 Å². The number of ether oxygens (including phenoxy) is 1. The summed E-state index contributed by atoms with van der Waals surface area (Å²) in [6.07, 6.45) is 6.65. The van der Waals surface area contributed by atoms with Crippen molar-refractivity contribution in [3.8, 4) is 22.8 Å². The van der Waals surface area contributed by atoms with Gasteiger partial charge in [0.25, 0.3) is 0 Å². The van der Waals surface area contributed by atoms with Gasteiger partial charge < -0.3 is 14.7 Å². The van der Waals surface area contributed by atoms with Crippen molar-refractivity contribution in [2.45, 2.75) is 38.1 Å². The largest absolute Gasteiger partial charge is 0.507 e. The van der Waals surface area contributed by atoms with Gasteiger partial charge in [0.2, 0.25) is 6.86 Å². The molecule has 2 bridgehead atoms. The predicted molar refractivity (Wildman–Crippen MR) is 115 cm³/mol. The van der Waals surface area contributed by atoms with E-state index in [4.69, 9.17) is 4.74 Å². The summed E-state index contributed by atoms with van der Waals surface area (Å²) in [5.41, 5.74) is 1.25. The molecule has 2 aliphatic carbocycles. The molecule has 0 saturated heterocycles. The molecule has 1 aromatic heterocycles. The molecule has 0 aliphatic heterocycles. The Morgan fingerprint density at radius 3 is 2.50 bits per heavy atom. The second-order valence-corrected chi connectivity index (χ2v) is 8.69. The smallest absolute Gasteiger partial charge is 0.228 e. The van der Waals surface area contributed by atoms with E-state index in [1.807, 2.05) is 24.3 Å². The third-order valence-corrected chi connectivity index (χ3v) is 6.84. The highest BCUT2D eigenvalue weighted by Gasteiger charge is 2.36. The first-order chi connectivity index (χ1) is 14.6. The Kier molecular flexibility index (Phi) is 4.93. The van der Waals surface area contributed by atoms with Crippen LogP contribution in [0.5, 0.6) is 11.5 Å². The molecule has 0 radical (unpaired) electrons. The molecule has 156 valence electrons. The minimum absolute atomic E-state index is 0.110. The molecule has 0 spiro atoms. The summed E-state index contributed by atoms with van der Waals surface area (Å²) in [7, 11) is 2.11. The second kappa shape index (κ2) is 7.74. The van der Waals surface area contributed by atoms with E-state index in [9.17, 15) is 9.50 Å². The molecule has 2 aromatic carbocycles. The highest BCUT2D eigenvalue weighted by atomic mass is 19.1. The minimum atomic E-state index is -0.881. The number of hydrogen-bond donors (Lipinski definition) is 1. The number of phenols is 1. The zero-order valence-electron chi connectivity index (χ0n) is 17.1. The van der Waals surface area contributed by atoms with Gasteiger partial charge in [0.15, 0.2) is 5.82 Å². The summed E-state index contributed by atoms with van der Waals surface area (Å²) in [4.78, 5) is 2.27. The van der Waals surface area contributed by atoms with Gasteiger partial charge >= 0.3 is 0 Å². The summed E-state index contributed by atoms with van der Waals surface area (Å²) in [6.45, 7) is -0.881. The summed E-state index contributed by atoms with van der Waals surface area (Å²) in [6, 6.07) is 13.2. The van der Waals surface area contributed by atoms with E-state index in [1.54, 1.807) is 18.2 Å². The maximum Gasteiger partial charge on any atom is 0.228 e. The molecule has 2 saturated carbocycles. The van der Waals surface area contributed by atoms with Crippen LogP contribution >= 0.6 is 0 Å². The van der Waals surface area contributed by atoms with Gasteiger partial charge in [-0.15, -0.1) is 10.2 Å². The van der Waals surface area contributed by atoms with E-state index >= 15 is 0 Å². The lowest BCUT2D eigenvalue weighted by molar-refractivity contribution is 0.192. The van der Waals surface area contributed by atoms with E-state index in [2.05, 4.69) is 22.1 Å². The fourth-order valence-corrected chi connectivity index (χ4v) is 5.25. The van der Waals surface area contributed by atoms with Gasteiger partial charge in [-0.05, 0) is 78.3 Å². The van der Waals surface area contributed by atoms with Crippen LogP contribution in [-0.2, 0) is 0 Å². The van der Waals surface area contributed by atoms with Crippen molar-refractivity contribution in [2.24, 2.45) is 11.8 Å². The molecule has 5 rings (SSSR count). The zero-order chi connectivity index (χ0) is 20.7. The Morgan fingerprint density at radius 2 is 1.80 bits per heavy atom. The Bertz CT molecular complexity index is 1040. The van der Waals surface area contributed by atoms with Crippen molar-refractivity contribution in [1.29, 1.82) is 0 Å². The first kappa shape index (κ1) is 19.1. The molecule has 3 atom stereocenters. The molecule has 1 N–H and O–H groups in total. The van der Waals surface area contributed by atoms with Crippen LogP contribution in [0.1, 0.15) is 32.1 Å². The van der Waals surface area contributed by atoms with Crippen molar-refractivity contribution in [2.75, 3.05) is 18.8 Å². The Morgan fingerprint density at radius 1 is 1.00 bits per heavy atom. The molecule has 2 aliphatic rings. The normalized spacial score (nSPS) is 22.9. The third-order valence-electron chi connectivity index (χ3n) is 6.84. The maximum absolute atomic E-state index is 12.4. The topological polar surface area (TPSA) is 58.5 Å². The molecule has 30 heavy (non-hydrogen) atoms. The van der Waals surface area contributed by atoms with Gasteiger partial charge in [0.1, 0.15) is 11.5 Å². The maximum atomic E-state index is 12.4. The predicted octanol–water partition coefficient (Wildman–Crippen LogP) is 5.32. The molecule has 2 fully saturated rings. The van der Waals surface area contributed by atoms with E-state index in [-0.39, 0.29) is 5.75 Å². The van der Waals surface area contributed by atoms with Crippen molar-refractivity contribution < 1.29 is 14.2 Å². The summed E-state index contributed by atoms with van der Waals surface area (Å²) >= 11 is 0. The molecule has 1 heterocycles. The van der Waals surface area contributed by atoms with Crippen LogP contribution in [0.15, 0.2) is 42.5 Å². The van der Waals surface area contributed by atoms with Crippen LogP contribution in [0.4, 0.5) is 10.2 Å². The van der Waals surface area contributed by atoms with Crippen LogP contribution in [-0.4, -0.2) is 35.3 Å². The number of phenolic OH excluding ortho intramolecular Hbond substituents is 1. The first-order valence-electron chi connectivity index (χ1n) is 10.6. The molecular weight excluding hydrogens is 381 g/mol. The number of nitrogens with zero attached hydrogens (tertiary/aromatic N) is 3. The number of fused-ring (bicyclic) bond motifs is 3. The number of halogens is 1. The second-order valence-electron chi connectivity index (χ2n) is 8.69. The SMILES string of the molecule is CN(c1ccc(-c2cc3ccc(OCF)cc3cc2O)nn1)[C@H]1C[C@@H]2CC[C@@H](C2)C1. The molecule has 6 heteroatoms. The van der Waals surface area contributed by atoms with Crippen LogP contribution < -0.4 is 9.64 Å². The van der Waals surface area contributed by atoms with Gasteiger partial charge in [0, 0.05) is 18.7 Å². The standard InChI is InChI=1S/C24H26FN3O2/c1-28(19-9-15-2-3-16(8-15)10-19)24-7-6-22(26-27-24)21-12-17-4-5-20(30-14-25)11-18(17)13-23(21)29/h4-7,11-13,15-16,19,29H,2-3,8-10,14H2,1H3/t15-,16+,19+. The van der Waals surface area contributed by atoms with E-state index in [0.717, 1.165) is 28.4 Å². The molecule has 5 nitrogen and oxygen atoms in total. The van der Waals surface area contributed by atoms with Gasteiger partial charge in [-0.25, -0.2) is 4.39 Å². The quantitative estimate of drug-likeness (QED) is 0.620. The Labute approximate surface area is 175 Å². The van der Waals surface area contributed by atoms with E-state index < -0.39 is 6.86 Å². The number of anilines is 1. The highest BCUT2D eigenvalue weighted by molar-refractivity contribution is 5.90. The third kappa shape index (κ3) is 3.55. The van der Waals surface area contributed by atoms with Crippen molar-refractivity contribution in [3.63, 3.8) is 0 Å². The summed E-state index contributed by atoms with van der Waals surface area (Å²) < 4.78 is 17.3. The Balaban J connectivity index is 1.39. The summed E-state index contributed by atoms with van der Waals surface area (Å²) in [5.74, 6) is 3.15. The fourth-order valence-electron chi connectivity index (χ4n) is 5.25. The van der Waals surface area contributed by atoms with Crippen LogP contribution in [0.25, 0.3) is 22.0 Å². The number of aromatic nitrogens is 2. The molecule has 3 aromatic rings. The first-order valence-corrected chi connectivity index (χ1v) is 10.6. The van der Waals surface area contributed by atoms with Gasteiger partial charge in [-0.2, -0.15) is 0 Å². The van der Waals surface area contributed by atoms with Crippen molar-refractivity contribution in [3.05, 3.63) is 42.5 Å². The highest BCUT2D eigenvalue weighted by Crippen LogP contribution is 2.44. The lowest BCUT2D eigenvalue weighted by Gasteiger charge is -2.35. The number of hydrogen-bond acceptors (Lipinski definition) is 5. The van der Waals surface area contributed by atoms with E-state index in [0.29, 0.717) is 23.0 Å². The average molecular weight is 407 g/mol. The van der Waals surface area contributed by atoms with Crippen molar-refractivity contribution >= 4 is 16.6 Å². The molecule has 0 amide bonds. The van der Waals surface area contributed by atoms with Crippen LogP contribution in [0.3, 0.4) is 0 Å².